The lowest BCUT2D eigenvalue weighted by Gasteiger charge is -2.16. The average Bonchev–Trinajstić information content (AvgIpc) is 2.66. The predicted octanol–water partition coefficient (Wildman–Crippen LogP) is 5.48. The molecule has 0 saturated carbocycles. The lowest BCUT2D eigenvalue weighted by atomic mass is 10.1. The van der Waals surface area contributed by atoms with E-state index in [1.165, 1.54) is 6.07 Å². The van der Waals surface area contributed by atoms with Crippen LogP contribution in [0.3, 0.4) is 0 Å². The molecule has 0 spiro atoms. The third-order valence-electron chi connectivity index (χ3n) is 2.53. The molecule has 1 aromatic carbocycles. The Morgan fingerprint density at radius 3 is 2.56 bits per heavy atom. The molecule has 0 amide bonds. The van der Waals surface area contributed by atoms with Crippen LogP contribution in [-0.2, 0) is 0 Å². The van der Waals surface area contributed by atoms with Crippen molar-refractivity contribution in [2.75, 3.05) is 7.05 Å². The van der Waals surface area contributed by atoms with Crippen LogP contribution in [0.1, 0.15) is 16.5 Å². The fraction of sp³-hybridized carbons (Fsp3) is 0.167. The molecule has 0 saturated heterocycles. The van der Waals surface area contributed by atoms with Gasteiger partial charge in [-0.2, -0.15) is 0 Å². The molecular weight excluding hydrogens is 449 g/mol. The molecule has 0 fully saturated rings. The van der Waals surface area contributed by atoms with E-state index in [1.54, 1.807) is 17.4 Å². The highest BCUT2D eigenvalue weighted by molar-refractivity contribution is 9.13. The van der Waals surface area contributed by atoms with Gasteiger partial charge in [-0.3, -0.25) is 0 Å². The molecule has 96 valence electrons. The largest absolute Gasteiger partial charge is 0.309 e. The maximum absolute atomic E-state index is 13.6. The number of hydrogen-bond acceptors (Lipinski definition) is 2. The van der Waals surface area contributed by atoms with Crippen LogP contribution >= 0.6 is 59.1 Å². The molecular formula is C12H9Br3FNS. The fourth-order valence-electron chi connectivity index (χ4n) is 1.70. The van der Waals surface area contributed by atoms with E-state index in [9.17, 15) is 4.39 Å². The van der Waals surface area contributed by atoms with Gasteiger partial charge in [0.1, 0.15) is 5.82 Å². The second kappa shape index (κ2) is 6.13. The summed E-state index contributed by atoms with van der Waals surface area (Å²) >= 11 is 11.9. The molecule has 0 bridgehead atoms. The van der Waals surface area contributed by atoms with Crippen molar-refractivity contribution in [1.29, 1.82) is 0 Å². The first-order valence-corrected chi connectivity index (χ1v) is 8.30. The van der Waals surface area contributed by atoms with E-state index in [-0.39, 0.29) is 11.9 Å². The standard InChI is InChI=1S/C12H9Br3FNS/c1-17-11(9-5-7(13)12(15)18-9)6-3-2-4-8(16)10(6)14/h2-5,11,17H,1H3. The number of rotatable bonds is 3. The molecule has 0 aliphatic rings. The highest BCUT2D eigenvalue weighted by Crippen LogP contribution is 2.39. The minimum Gasteiger partial charge on any atom is -0.309 e. The number of hydrogen-bond donors (Lipinski definition) is 1. The molecule has 0 aliphatic carbocycles. The second-order valence-corrected chi connectivity index (χ2v) is 7.68. The summed E-state index contributed by atoms with van der Waals surface area (Å²) in [7, 11) is 1.86. The summed E-state index contributed by atoms with van der Waals surface area (Å²) in [6.45, 7) is 0. The topological polar surface area (TPSA) is 12.0 Å². The first-order chi connectivity index (χ1) is 8.54. The summed E-state index contributed by atoms with van der Waals surface area (Å²) in [5.41, 5.74) is 0.888. The zero-order chi connectivity index (χ0) is 13.3. The Morgan fingerprint density at radius 1 is 1.28 bits per heavy atom. The fourth-order valence-corrected chi connectivity index (χ4v) is 4.41. The number of halogens is 4. The normalized spacial score (nSPS) is 12.7. The Labute approximate surface area is 134 Å². The van der Waals surface area contributed by atoms with Crippen molar-refractivity contribution in [3.8, 4) is 0 Å². The van der Waals surface area contributed by atoms with Crippen LogP contribution in [0.25, 0.3) is 0 Å². The molecule has 0 aliphatic heterocycles. The van der Waals surface area contributed by atoms with Crippen LogP contribution in [0, 0.1) is 5.82 Å². The predicted molar refractivity (Wildman–Crippen MR) is 84.7 cm³/mol. The maximum atomic E-state index is 13.6. The monoisotopic (exact) mass is 455 g/mol. The molecule has 1 nitrogen and oxygen atoms in total. The summed E-state index contributed by atoms with van der Waals surface area (Å²) in [5.74, 6) is -0.248. The maximum Gasteiger partial charge on any atom is 0.137 e. The molecule has 18 heavy (non-hydrogen) atoms. The van der Waals surface area contributed by atoms with Gasteiger partial charge in [0.2, 0.25) is 0 Å². The van der Waals surface area contributed by atoms with Gasteiger partial charge in [-0.25, -0.2) is 4.39 Å². The quantitative estimate of drug-likeness (QED) is 0.643. The van der Waals surface area contributed by atoms with Gasteiger partial charge in [0.25, 0.3) is 0 Å². The van der Waals surface area contributed by atoms with E-state index in [0.717, 1.165) is 18.7 Å². The molecule has 1 heterocycles. The number of benzene rings is 1. The zero-order valence-corrected chi connectivity index (χ0v) is 14.9. The Morgan fingerprint density at radius 2 is 2.00 bits per heavy atom. The van der Waals surface area contributed by atoms with Gasteiger partial charge < -0.3 is 5.32 Å². The van der Waals surface area contributed by atoms with E-state index in [2.05, 4.69) is 53.1 Å². The van der Waals surface area contributed by atoms with Crippen LogP contribution in [0.5, 0.6) is 0 Å². The van der Waals surface area contributed by atoms with Crippen molar-refractivity contribution in [2.45, 2.75) is 6.04 Å². The van der Waals surface area contributed by atoms with Crippen LogP contribution < -0.4 is 5.32 Å². The summed E-state index contributed by atoms with van der Waals surface area (Å²) in [4.78, 5) is 1.11. The first-order valence-electron chi connectivity index (χ1n) is 5.10. The van der Waals surface area contributed by atoms with Crippen molar-refractivity contribution in [1.82, 2.24) is 5.32 Å². The van der Waals surface area contributed by atoms with Gasteiger partial charge in [-0.1, -0.05) is 12.1 Å². The van der Waals surface area contributed by atoms with E-state index >= 15 is 0 Å². The van der Waals surface area contributed by atoms with Crippen molar-refractivity contribution in [3.05, 3.63) is 53.3 Å². The molecule has 1 N–H and O–H groups in total. The SMILES string of the molecule is CNC(c1cc(Br)c(Br)s1)c1cccc(F)c1Br. The zero-order valence-electron chi connectivity index (χ0n) is 9.31. The van der Waals surface area contributed by atoms with E-state index in [4.69, 9.17) is 0 Å². The van der Waals surface area contributed by atoms with Crippen molar-refractivity contribution < 1.29 is 4.39 Å². The van der Waals surface area contributed by atoms with E-state index in [0.29, 0.717) is 4.47 Å². The van der Waals surface area contributed by atoms with Crippen molar-refractivity contribution in [2.24, 2.45) is 0 Å². The smallest absolute Gasteiger partial charge is 0.137 e. The highest BCUT2D eigenvalue weighted by atomic mass is 79.9. The van der Waals surface area contributed by atoms with Crippen LogP contribution in [-0.4, -0.2) is 7.05 Å². The molecule has 1 atom stereocenters. The molecule has 1 aromatic heterocycles. The van der Waals surface area contributed by atoms with E-state index < -0.39 is 0 Å². The molecule has 0 radical (unpaired) electrons. The highest BCUT2D eigenvalue weighted by Gasteiger charge is 2.19. The van der Waals surface area contributed by atoms with Crippen LogP contribution in [0.2, 0.25) is 0 Å². The molecule has 2 rings (SSSR count). The number of nitrogens with one attached hydrogen (secondary N) is 1. The minimum atomic E-state index is -0.248. The molecule has 6 heteroatoms. The third kappa shape index (κ3) is 2.88. The van der Waals surface area contributed by atoms with Gasteiger partial charge in [0.15, 0.2) is 0 Å². The number of thiophene rings is 1. The second-order valence-electron chi connectivity index (χ2n) is 3.64. The average molecular weight is 458 g/mol. The first kappa shape index (κ1) is 14.7. The minimum absolute atomic E-state index is 0.0392. The van der Waals surface area contributed by atoms with Crippen LogP contribution in [0.4, 0.5) is 4.39 Å². The summed E-state index contributed by atoms with van der Waals surface area (Å²) in [6.07, 6.45) is 0. The Bertz CT molecular complexity index is 551. The summed E-state index contributed by atoms with van der Waals surface area (Å²) < 4.78 is 16.1. The van der Waals surface area contributed by atoms with Gasteiger partial charge in [0, 0.05) is 9.35 Å². The van der Waals surface area contributed by atoms with Crippen molar-refractivity contribution >= 4 is 59.1 Å². The van der Waals surface area contributed by atoms with E-state index in [1.807, 2.05) is 19.2 Å². The summed E-state index contributed by atoms with van der Waals surface area (Å²) in [6, 6.07) is 7.07. The van der Waals surface area contributed by atoms with Gasteiger partial charge in [-0.05, 0) is 72.5 Å². The lowest BCUT2D eigenvalue weighted by Crippen LogP contribution is -2.17. The van der Waals surface area contributed by atoms with Gasteiger partial charge >= 0.3 is 0 Å². The van der Waals surface area contributed by atoms with Gasteiger partial charge in [0.05, 0.1) is 14.3 Å². The molecule has 1 unspecified atom stereocenters. The van der Waals surface area contributed by atoms with Gasteiger partial charge in [-0.15, -0.1) is 11.3 Å². The molecule has 2 aromatic rings. The Hall–Kier alpha value is 0.250. The Balaban J connectivity index is 2.48. The lowest BCUT2D eigenvalue weighted by molar-refractivity contribution is 0.609. The van der Waals surface area contributed by atoms with Crippen molar-refractivity contribution in [3.63, 3.8) is 0 Å². The van der Waals surface area contributed by atoms with Crippen LogP contribution in [0.15, 0.2) is 37.0 Å². The Kier molecular flexibility index (Phi) is 4.99. The summed E-state index contributed by atoms with van der Waals surface area (Å²) in [5, 5.41) is 3.22. The third-order valence-corrected chi connectivity index (χ3v) is 6.69.